The quantitative estimate of drug-likeness (QED) is 0.838. The maximum Gasteiger partial charge on any atom is 0.190 e. The molecule has 3 nitrogen and oxygen atoms in total. The van der Waals surface area contributed by atoms with E-state index in [1.165, 1.54) is 5.56 Å². The lowest BCUT2D eigenvalue weighted by Gasteiger charge is -2.33. The molecule has 0 saturated carbocycles. The number of allylic oxidation sites excluding steroid dienone is 2. The molecule has 3 heteroatoms. The van der Waals surface area contributed by atoms with Crippen LogP contribution in [0, 0.1) is 11.8 Å². The van der Waals surface area contributed by atoms with Crippen LogP contribution in [0.5, 0.6) is 0 Å². The second-order valence-electron chi connectivity index (χ2n) is 7.14. The molecule has 0 amide bonds. The Morgan fingerprint density at radius 3 is 2.04 bits per heavy atom. The number of aryl methyl sites for hydroxylation is 1. The highest BCUT2D eigenvalue weighted by molar-refractivity contribution is 6.29. The van der Waals surface area contributed by atoms with Gasteiger partial charge in [-0.1, -0.05) is 61.5 Å². The maximum atomic E-state index is 13.1. The largest absolute Gasteiger partial charge is 0.299 e. The zero-order chi connectivity index (χ0) is 18.3. The number of hydrogen-bond donors (Lipinski definition) is 0. The number of carbonyl (C=O) groups excluding carboxylic acids is 3. The summed E-state index contributed by atoms with van der Waals surface area (Å²) >= 11 is 0. The van der Waals surface area contributed by atoms with Crippen molar-refractivity contribution < 1.29 is 14.4 Å². The Morgan fingerprint density at radius 2 is 1.38 bits per heavy atom. The zero-order valence-corrected chi connectivity index (χ0v) is 14.7. The topological polar surface area (TPSA) is 51.2 Å². The van der Waals surface area contributed by atoms with Gasteiger partial charge in [0, 0.05) is 34.6 Å². The maximum absolute atomic E-state index is 13.1. The van der Waals surface area contributed by atoms with Crippen molar-refractivity contribution in [2.75, 3.05) is 0 Å². The Balaban J connectivity index is 1.74. The first-order valence-electron chi connectivity index (χ1n) is 9.07. The number of Topliss-reactive ketones (excluding diaryl/α,β-unsaturated/α-hetero) is 3. The Labute approximate surface area is 152 Å². The fourth-order valence-electron chi connectivity index (χ4n) is 4.16. The molecular weight excluding hydrogens is 324 g/mol. The van der Waals surface area contributed by atoms with Crippen LogP contribution in [0.1, 0.15) is 46.0 Å². The molecule has 2 unspecified atom stereocenters. The molecule has 2 aliphatic carbocycles. The lowest BCUT2D eigenvalue weighted by Crippen LogP contribution is -2.37. The summed E-state index contributed by atoms with van der Waals surface area (Å²) in [5.41, 5.74) is 3.09. The number of rotatable bonds is 3. The van der Waals surface area contributed by atoms with Crippen LogP contribution in [0.25, 0.3) is 0 Å². The van der Waals surface area contributed by atoms with Crippen molar-refractivity contribution in [1.29, 1.82) is 0 Å². The van der Waals surface area contributed by atoms with Crippen molar-refractivity contribution >= 4 is 17.3 Å². The number of hydrogen-bond acceptors (Lipinski definition) is 3. The van der Waals surface area contributed by atoms with Crippen molar-refractivity contribution in [2.24, 2.45) is 11.8 Å². The van der Waals surface area contributed by atoms with E-state index in [2.05, 4.69) is 0 Å². The summed E-state index contributed by atoms with van der Waals surface area (Å²) < 4.78 is 0. The fraction of sp³-hybridized carbons (Fsp3) is 0.261. The van der Waals surface area contributed by atoms with Crippen molar-refractivity contribution in [2.45, 2.75) is 26.2 Å². The summed E-state index contributed by atoms with van der Waals surface area (Å²) in [6, 6.07) is 17.0. The summed E-state index contributed by atoms with van der Waals surface area (Å²) in [4.78, 5) is 38.7. The Morgan fingerprint density at radius 1 is 0.808 bits per heavy atom. The molecule has 0 aliphatic heterocycles. The zero-order valence-electron chi connectivity index (χ0n) is 14.7. The molecule has 2 aromatic rings. The first-order chi connectivity index (χ1) is 12.6. The molecule has 0 aromatic heterocycles. The highest BCUT2D eigenvalue weighted by Crippen LogP contribution is 2.41. The number of carbonyl (C=O) groups is 3. The van der Waals surface area contributed by atoms with E-state index in [0.29, 0.717) is 35.1 Å². The van der Waals surface area contributed by atoms with Gasteiger partial charge in [0.25, 0.3) is 0 Å². The van der Waals surface area contributed by atoms with Crippen molar-refractivity contribution in [1.82, 2.24) is 0 Å². The average Bonchev–Trinajstić information content (AvgIpc) is 2.67. The third-order valence-electron chi connectivity index (χ3n) is 5.59. The van der Waals surface area contributed by atoms with E-state index >= 15 is 0 Å². The van der Waals surface area contributed by atoms with Gasteiger partial charge in [-0.05, 0) is 24.3 Å². The Bertz CT molecular complexity index is 937. The summed E-state index contributed by atoms with van der Waals surface area (Å²) in [5.74, 6) is -0.850. The van der Waals surface area contributed by atoms with Crippen molar-refractivity contribution in [3.63, 3.8) is 0 Å². The van der Waals surface area contributed by atoms with E-state index < -0.39 is 5.92 Å². The SMILES string of the molecule is CC1C(=O)CC(CCc2ccccc2)C2=C1C(=O)c1ccccc1C2=O. The lowest BCUT2D eigenvalue weighted by atomic mass is 9.67. The molecule has 0 heterocycles. The van der Waals surface area contributed by atoms with E-state index in [1.807, 2.05) is 30.3 Å². The smallest absolute Gasteiger partial charge is 0.190 e. The van der Waals surface area contributed by atoms with Crippen LogP contribution in [0.2, 0.25) is 0 Å². The molecular formula is C23H20O3. The lowest BCUT2D eigenvalue weighted by molar-refractivity contribution is -0.122. The van der Waals surface area contributed by atoms with Gasteiger partial charge in [0.15, 0.2) is 11.6 Å². The van der Waals surface area contributed by atoms with E-state index in [4.69, 9.17) is 0 Å². The molecule has 0 N–H and O–H groups in total. The van der Waals surface area contributed by atoms with Gasteiger partial charge < -0.3 is 0 Å². The Hall–Kier alpha value is -2.81. The molecule has 0 fully saturated rings. The van der Waals surface area contributed by atoms with E-state index in [0.717, 1.165) is 6.42 Å². The van der Waals surface area contributed by atoms with Gasteiger partial charge in [0.2, 0.25) is 0 Å². The van der Waals surface area contributed by atoms with E-state index in [9.17, 15) is 14.4 Å². The summed E-state index contributed by atoms with van der Waals surface area (Å²) in [6.45, 7) is 1.75. The summed E-state index contributed by atoms with van der Waals surface area (Å²) in [6.07, 6.45) is 1.82. The number of ketones is 3. The van der Waals surface area contributed by atoms with Crippen molar-refractivity contribution in [3.8, 4) is 0 Å². The van der Waals surface area contributed by atoms with Gasteiger partial charge in [-0.3, -0.25) is 14.4 Å². The highest BCUT2D eigenvalue weighted by Gasteiger charge is 2.43. The van der Waals surface area contributed by atoms with Crippen LogP contribution in [0.3, 0.4) is 0 Å². The molecule has 0 bridgehead atoms. The minimum absolute atomic E-state index is 0.0577. The summed E-state index contributed by atoms with van der Waals surface area (Å²) in [5, 5.41) is 0. The van der Waals surface area contributed by atoms with Crippen LogP contribution >= 0.6 is 0 Å². The van der Waals surface area contributed by atoms with Crippen LogP contribution in [0.15, 0.2) is 65.7 Å². The van der Waals surface area contributed by atoms with Crippen LogP contribution in [0.4, 0.5) is 0 Å². The van der Waals surface area contributed by atoms with Crippen molar-refractivity contribution in [3.05, 3.63) is 82.4 Å². The molecule has 0 spiro atoms. The standard InChI is InChI=1S/C23H20O3/c1-14-19(24)13-16(12-11-15-7-3-2-4-8-15)21-20(14)22(25)17-9-5-6-10-18(17)23(21)26/h2-10,14,16H,11-13H2,1H3. The minimum Gasteiger partial charge on any atom is -0.299 e. The predicted octanol–water partition coefficient (Wildman–Crippen LogP) is 4.22. The monoisotopic (exact) mass is 344 g/mol. The second kappa shape index (κ2) is 6.49. The van der Waals surface area contributed by atoms with Gasteiger partial charge in [0.1, 0.15) is 5.78 Å². The fourth-order valence-corrected chi connectivity index (χ4v) is 4.16. The number of fused-ring (bicyclic) bond motifs is 1. The normalized spacial score (nSPS) is 22.3. The van der Waals surface area contributed by atoms with Crippen LogP contribution in [-0.2, 0) is 11.2 Å². The second-order valence-corrected chi connectivity index (χ2v) is 7.14. The van der Waals surface area contributed by atoms with E-state index in [-0.39, 0.29) is 23.3 Å². The third kappa shape index (κ3) is 2.64. The first-order valence-corrected chi connectivity index (χ1v) is 9.07. The molecule has 26 heavy (non-hydrogen) atoms. The predicted molar refractivity (Wildman–Crippen MR) is 99.2 cm³/mol. The molecule has 2 aromatic carbocycles. The average molecular weight is 344 g/mol. The van der Waals surface area contributed by atoms with Gasteiger partial charge in [-0.15, -0.1) is 0 Å². The molecule has 0 saturated heterocycles. The molecule has 4 rings (SSSR count). The molecule has 0 radical (unpaired) electrons. The van der Waals surface area contributed by atoms with Gasteiger partial charge in [0.05, 0.1) is 0 Å². The molecule has 2 aliphatic rings. The third-order valence-corrected chi connectivity index (χ3v) is 5.59. The van der Waals surface area contributed by atoms with Gasteiger partial charge >= 0.3 is 0 Å². The highest BCUT2D eigenvalue weighted by atomic mass is 16.1. The Kier molecular flexibility index (Phi) is 4.15. The van der Waals surface area contributed by atoms with Crippen LogP contribution in [-0.4, -0.2) is 17.3 Å². The van der Waals surface area contributed by atoms with Gasteiger partial charge in [-0.25, -0.2) is 0 Å². The summed E-state index contributed by atoms with van der Waals surface area (Å²) in [7, 11) is 0. The van der Waals surface area contributed by atoms with Crippen LogP contribution < -0.4 is 0 Å². The van der Waals surface area contributed by atoms with E-state index in [1.54, 1.807) is 31.2 Å². The first kappa shape index (κ1) is 16.6. The minimum atomic E-state index is -0.497. The number of benzene rings is 2. The van der Waals surface area contributed by atoms with Gasteiger partial charge in [-0.2, -0.15) is 0 Å². The molecule has 130 valence electrons. The molecule has 2 atom stereocenters.